The fourth-order valence-electron chi connectivity index (χ4n) is 1.48. The number of aryl methyl sites for hydroxylation is 1. The summed E-state index contributed by atoms with van der Waals surface area (Å²) in [5, 5.41) is 6.31. The van der Waals surface area contributed by atoms with Crippen molar-refractivity contribution < 1.29 is 0 Å². The molecule has 0 aliphatic heterocycles. The van der Waals surface area contributed by atoms with Gasteiger partial charge in [0, 0.05) is 5.56 Å². The van der Waals surface area contributed by atoms with E-state index in [-0.39, 0.29) is 11.2 Å². The second-order valence-corrected chi connectivity index (χ2v) is 3.59. The SMILES string of the molecule is CCc1ccc(-c2cc(N)c(=O)[nH]n2)cc1. The number of nitrogen functional groups attached to an aromatic ring is 1. The smallest absolute Gasteiger partial charge is 0.287 e. The molecule has 0 saturated heterocycles. The maximum atomic E-state index is 11.1. The predicted octanol–water partition coefficient (Wildman–Crippen LogP) is 1.58. The van der Waals surface area contributed by atoms with E-state index in [0.717, 1.165) is 12.0 Å². The largest absolute Gasteiger partial charge is 0.394 e. The van der Waals surface area contributed by atoms with Gasteiger partial charge in [0.1, 0.15) is 5.69 Å². The average Bonchev–Trinajstić information content (AvgIpc) is 2.33. The first kappa shape index (κ1) is 10.4. The van der Waals surface area contributed by atoms with E-state index in [4.69, 9.17) is 5.73 Å². The Morgan fingerprint density at radius 2 is 2.00 bits per heavy atom. The molecule has 0 saturated carbocycles. The zero-order chi connectivity index (χ0) is 11.5. The number of nitrogens with two attached hydrogens (primary N) is 1. The third kappa shape index (κ3) is 1.95. The van der Waals surface area contributed by atoms with Crippen LogP contribution in [-0.2, 0) is 6.42 Å². The lowest BCUT2D eigenvalue weighted by atomic mass is 10.1. The van der Waals surface area contributed by atoms with Crippen molar-refractivity contribution in [3.63, 3.8) is 0 Å². The molecule has 3 N–H and O–H groups in total. The summed E-state index contributed by atoms with van der Waals surface area (Å²) in [6.07, 6.45) is 1.00. The van der Waals surface area contributed by atoms with Crippen molar-refractivity contribution in [2.75, 3.05) is 5.73 Å². The van der Waals surface area contributed by atoms with Gasteiger partial charge in [0.2, 0.25) is 0 Å². The van der Waals surface area contributed by atoms with Crippen LogP contribution in [0.4, 0.5) is 5.69 Å². The molecule has 82 valence electrons. The zero-order valence-corrected chi connectivity index (χ0v) is 9.03. The van der Waals surface area contributed by atoms with Gasteiger partial charge in [0.15, 0.2) is 0 Å². The van der Waals surface area contributed by atoms with Crippen LogP contribution in [0.2, 0.25) is 0 Å². The van der Waals surface area contributed by atoms with Gasteiger partial charge < -0.3 is 5.73 Å². The molecule has 0 amide bonds. The summed E-state index contributed by atoms with van der Waals surface area (Å²) in [7, 11) is 0. The van der Waals surface area contributed by atoms with Crippen LogP contribution in [0.15, 0.2) is 35.1 Å². The molecule has 2 aromatic rings. The van der Waals surface area contributed by atoms with E-state index in [0.29, 0.717) is 5.69 Å². The number of nitrogens with zero attached hydrogens (tertiary/aromatic N) is 1. The molecule has 1 heterocycles. The van der Waals surface area contributed by atoms with E-state index in [1.54, 1.807) is 6.07 Å². The molecule has 1 aromatic carbocycles. The first-order valence-electron chi connectivity index (χ1n) is 5.15. The number of aromatic nitrogens is 2. The number of anilines is 1. The summed E-state index contributed by atoms with van der Waals surface area (Å²) >= 11 is 0. The first-order chi connectivity index (χ1) is 7.70. The lowest BCUT2D eigenvalue weighted by molar-refractivity contribution is 0.999. The Morgan fingerprint density at radius 1 is 1.31 bits per heavy atom. The minimum Gasteiger partial charge on any atom is -0.394 e. The van der Waals surface area contributed by atoms with E-state index >= 15 is 0 Å². The number of nitrogens with one attached hydrogen (secondary N) is 1. The summed E-state index contributed by atoms with van der Waals surface area (Å²) in [6.45, 7) is 2.10. The Morgan fingerprint density at radius 3 is 2.56 bits per heavy atom. The van der Waals surface area contributed by atoms with E-state index in [1.807, 2.05) is 24.3 Å². The minimum absolute atomic E-state index is 0.185. The highest BCUT2D eigenvalue weighted by Crippen LogP contribution is 2.17. The van der Waals surface area contributed by atoms with Crippen molar-refractivity contribution >= 4 is 5.69 Å². The van der Waals surface area contributed by atoms with E-state index in [9.17, 15) is 4.79 Å². The van der Waals surface area contributed by atoms with Crippen LogP contribution in [0.5, 0.6) is 0 Å². The van der Waals surface area contributed by atoms with Gasteiger partial charge in [-0.1, -0.05) is 31.2 Å². The molecule has 0 aliphatic carbocycles. The zero-order valence-electron chi connectivity index (χ0n) is 9.03. The molecule has 16 heavy (non-hydrogen) atoms. The number of hydrogen-bond acceptors (Lipinski definition) is 3. The highest BCUT2D eigenvalue weighted by molar-refractivity contribution is 5.62. The quantitative estimate of drug-likeness (QED) is 0.798. The monoisotopic (exact) mass is 215 g/mol. The van der Waals surface area contributed by atoms with Gasteiger partial charge in [-0.05, 0) is 18.1 Å². The van der Waals surface area contributed by atoms with E-state index in [2.05, 4.69) is 17.1 Å². The Kier molecular flexibility index (Phi) is 2.72. The van der Waals surface area contributed by atoms with E-state index < -0.39 is 0 Å². The maximum Gasteiger partial charge on any atom is 0.287 e. The van der Waals surface area contributed by atoms with Gasteiger partial charge in [-0.2, -0.15) is 5.10 Å². The molecule has 4 nitrogen and oxygen atoms in total. The molecule has 1 aromatic heterocycles. The molecule has 0 unspecified atom stereocenters. The molecular formula is C12H13N3O. The van der Waals surface area contributed by atoms with Crippen LogP contribution in [0.3, 0.4) is 0 Å². The Balaban J connectivity index is 2.42. The Bertz CT molecular complexity index is 543. The van der Waals surface area contributed by atoms with Crippen LogP contribution < -0.4 is 11.3 Å². The van der Waals surface area contributed by atoms with E-state index in [1.165, 1.54) is 5.56 Å². The third-order valence-corrected chi connectivity index (χ3v) is 2.49. The van der Waals surface area contributed by atoms with Crippen LogP contribution in [0.25, 0.3) is 11.3 Å². The van der Waals surface area contributed by atoms with Crippen molar-refractivity contribution in [3.05, 3.63) is 46.2 Å². The average molecular weight is 215 g/mol. The van der Waals surface area contributed by atoms with Crippen molar-refractivity contribution in [1.82, 2.24) is 10.2 Å². The summed E-state index contributed by atoms with van der Waals surface area (Å²) < 4.78 is 0. The fourth-order valence-corrected chi connectivity index (χ4v) is 1.48. The molecule has 0 bridgehead atoms. The lowest BCUT2D eigenvalue weighted by Crippen LogP contribution is -2.13. The van der Waals surface area contributed by atoms with Crippen molar-refractivity contribution in [1.29, 1.82) is 0 Å². The third-order valence-electron chi connectivity index (χ3n) is 2.49. The topological polar surface area (TPSA) is 71.8 Å². The van der Waals surface area contributed by atoms with Crippen molar-refractivity contribution in [2.24, 2.45) is 0 Å². The second kappa shape index (κ2) is 4.18. The molecule has 0 radical (unpaired) electrons. The molecular weight excluding hydrogens is 202 g/mol. The highest BCUT2D eigenvalue weighted by Gasteiger charge is 2.02. The second-order valence-electron chi connectivity index (χ2n) is 3.59. The summed E-state index contributed by atoms with van der Waals surface area (Å²) in [4.78, 5) is 11.1. The molecule has 0 spiro atoms. The van der Waals surface area contributed by atoms with Gasteiger partial charge in [-0.15, -0.1) is 0 Å². The van der Waals surface area contributed by atoms with Crippen LogP contribution in [0.1, 0.15) is 12.5 Å². The fraction of sp³-hybridized carbons (Fsp3) is 0.167. The molecule has 2 rings (SSSR count). The number of benzene rings is 1. The Hall–Kier alpha value is -2.10. The predicted molar refractivity (Wildman–Crippen MR) is 64.1 cm³/mol. The standard InChI is InChI=1S/C12H13N3O/c1-2-8-3-5-9(6-4-8)11-7-10(13)12(16)15-14-11/h3-7H,2H2,1H3,(H2,13,14)(H,15,16). The van der Waals surface area contributed by atoms with Gasteiger partial charge >= 0.3 is 0 Å². The Labute approximate surface area is 93.1 Å². The maximum absolute atomic E-state index is 11.1. The number of aromatic amines is 1. The van der Waals surface area contributed by atoms with Crippen LogP contribution >= 0.6 is 0 Å². The van der Waals surface area contributed by atoms with Gasteiger partial charge in [0.05, 0.1) is 5.69 Å². The molecule has 0 aliphatic rings. The number of H-pyrrole nitrogens is 1. The summed E-state index contributed by atoms with van der Waals surface area (Å²) in [5.41, 5.74) is 8.25. The van der Waals surface area contributed by atoms with Gasteiger partial charge in [0.25, 0.3) is 5.56 Å². The van der Waals surface area contributed by atoms with Crippen molar-refractivity contribution in [3.8, 4) is 11.3 Å². The number of hydrogen-bond donors (Lipinski definition) is 2. The van der Waals surface area contributed by atoms with Crippen LogP contribution in [-0.4, -0.2) is 10.2 Å². The van der Waals surface area contributed by atoms with Crippen molar-refractivity contribution in [2.45, 2.75) is 13.3 Å². The van der Waals surface area contributed by atoms with Crippen LogP contribution in [0, 0.1) is 0 Å². The minimum atomic E-state index is -0.353. The molecule has 4 heteroatoms. The van der Waals surface area contributed by atoms with Gasteiger partial charge in [-0.3, -0.25) is 4.79 Å². The lowest BCUT2D eigenvalue weighted by Gasteiger charge is -2.02. The molecule has 0 fully saturated rings. The summed E-state index contributed by atoms with van der Waals surface area (Å²) in [5.74, 6) is 0. The highest BCUT2D eigenvalue weighted by atomic mass is 16.1. The number of rotatable bonds is 2. The first-order valence-corrected chi connectivity index (χ1v) is 5.15. The van der Waals surface area contributed by atoms with Gasteiger partial charge in [-0.25, -0.2) is 5.10 Å². The normalized spacial score (nSPS) is 10.3. The molecule has 0 atom stereocenters. The summed E-state index contributed by atoms with van der Waals surface area (Å²) in [6, 6.07) is 9.61.